The van der Waals surface area contributed by atoms with E-state index < -0.39 is 0 Å². The van der Waals surface area contributed by atoms with Crippen LogP contribution < -0.4 is 0 Å². The Bertz CT molecular complexity index is 2170. The van der Waals surface area contributed by atoms with Crippen LogP contribution in [0.4, 0.5) is 0 Å². The van der Waals surface area contributed by atoms with Crippen molar-refractivity contribution in [3.8, 4) is 34.0 Å². The first kappa shape index (κ1) is 25.2. The minimum Gasteiger partial charge on any atom is -0.367 e. The van der Waals surface area contributed by atoms with E-state index in [0.29, 0.717) is 0 Å². The summed E-state index contributed by atoms with van der Waals surface area (Å²) in [4.78, 5) is 9.57. The summed E-state index contributed by atoms with van der Waals surface area (Å²) in [5.74, 6) is 0.859. The molecular formula is C34H22N6Pt. The molecule has 0 unspecified atom stereocenters. The van der Waals surface area contributed by atoms with E-state index in [-0.39, 0.29) is 21.1 Å². The van der Waals surface area contributed by atoms with Crippen molar-refractivity contribution in [3.63, 3.8) is 0 Å². The summed E-state index contributed by atoms with van der Waals surface area (Å²) in [5.41, 5.74) is 8.74. The van der Waals surface area contributed by atoms with Crippen molar-refractivity contribution >= 4 is 32.8 Å². The Morgan fingerprint density at radius 3 is 2.46 bits per heavy atom. The van der Waals surface area contributed by atoms with Crippen molar-refractivity contribution in [2.45, 2.75) is 0 Å². The first-order valence-corrected chi connectivity index (χ1v) is 13.1. The molecule has 0 aliphatic rings. The Morgan fingerprint density at radius 1 is 0.707 bits per heavy atom. The van der Waals surface area contributed by atoms with E-state index in [1.54, 1.807) is 6.20 Å². The molecule has 0 radical (unpaired) electrons. The molecule has 0 spiro atoms. The molecule has 4 aromatic heterocycles. The van der Waals surface area contributed by atoms with Gasteiger partial charge in [0.1, 0.15) is 0 Å². The SMILES string of the molecule is Cn1c(-c2[c-]c3c(cc2)c2ccccc2n3-c2[c-]c(-c3ccccn3)ccc2)nc2cc(-n3cccn3)ccc21.[Pt+2]. The summed E-state index contributed by atoms with van der Waals surface area (Å²) < 4.78 is 6.21. The summed E-state index contributed by atoms with van der Waals surface area (Å²) in [6.45, 7) is 0. The fourth-order valence-electron chi connectivity index (χ4n) is 5.53. The molecular weight excluding hydrogens is 687 g/mol. The van der Waals surface area contributed by atoms with Crippen molar-refractivity contribution in [1.29, 1.82) is 0 Å². The van der Waals surface area contributed by atoms with Gasteiger partial charge in [-0.25, -0.2) is 4.68 Å². The standard InChI is InChI=1S/C34H22N6.Pt/c1-38-32-16-14-25(39-19-7-18-36-39)22-30(32)37-34(38)24-13-15-28-27-10-2-3-12-31(27)40(33(28)21-24)26-9-6-8-23(20-26)29-11-4-5-17-35-29;/h2-19,22H,1H3;/q-2;+2. The minimum absolute atomic E-state index is 0. The first-order valence-electron chi connectivity index (χ1n) is 13.1. The third-order valence-corrected chi connectivity index (χ3v) is 7.42. The number of hydrogen-bond donors (Lipinski definition) is 0. The number of benzene rings is 4. The van der Waals surface area contributed by atoms with E-state index in [1.807, 2.05) is 47.4 Å². The maximum atomic E-state index is 5.04. The molecule has 4 heterocycles. The second-order valence-corrected chi connectivity index (χ2v) is 9.77. The number of aryl methyl sites for hydroxylation is 1. The number of aromatic nitrogens is 6. The molecule has 0 saturated heterocycles. The molecule has 41 heavy (non-hydrogen) atoms. The molecule has 8 aromatic rings. The molecule has 0 amide bonds. The molecule has 198 valence electrons. The van der Waals surface area contributed by atoms with Crippen LogP contribution >= 0.6 is 0 Å². The van der Waals surface area contributed by atoms with E-state index >= 15 is 0 Å². The third kappa shape index (κ3) is 4.11. The van der Waals surface area contributed by atoms with Gasteiger partial charge in [0.15, 0.2) is 0 Å². The second-order valence-electron chi connectivity index (χ2n) is 9.77. The first-order chi connectivity index (χ1) is 19.7. The van der Waals surface area contributed by atoms with Gasteiger partial charge in [0.2, 0.25) is 0 Å². The number of pyridine rings is 1. The topological polar surface area (TPSA) is 53.5 Å². The molecule has 0 atom stereocenters. The van der Waals surface area contributed by atoms with E-state index in [9.17, 15) is 0 Å². The summed E-state index contributed by atoms with van der Waals surface area (Å²) in [5, 5.41) is 6.67. The molecule has 6 nitrogen and oxygen atoms in total. The van der Waals surface area contributed by atoms with Crippen molar-refractivity contribution in [2.24, 2.45) is 7.05 Å². The molecule has 0 fully saturated rings. The minimum atomic E-state index is 0. The van der Waals surface area contributed by atoms with Gasteiger partial charge >= 0.3 is 21.1 Å². The zero-order chi connectivity index (χ0) is 26.6. The third-order valence-electron chi connectivity index (χ3n) is 7.42. The summed E-state index contributed by atoms with van der Waals surface area (Å²) in [6, 6.07) is 40.4. The van der Waals surface area contributed by atoms with Gasteiger partial charge in [-0.2, -0.15) is 5.10 Å². The summed E-state index contributed by atoms with van der Waals surface area (Å²) in [7, 11) is 2.05. The predicted molar refractivity (Wildman–Crippen MR) is 159 cm³/mol. The Morgan fingerprint density at radius 2 is 1.61 bits per heavy atom. The van der Waals surface area contributed by atoms with Crippen LogP contribution in [0.5, 0.6) is 0 Å². The fourth-order valence-corrected chi connectivity index (χ4v) is 5.53. The molecule has 7 heteroatoms. The monoisotopic (exact) mass is 709 g/mol. The Hall–Kier alpha value is -4.80. The van der Waals surface area contributed by atoms with Gasteiger partial charge in [-0.1, -0.05) is 35.7 Å². The second kappa shape index (κ2) is 9.99. The molecule has 0 N–H and O–H groups in total. The average Bonchev–Trinajstić information content (AvgIpc) is 3.74. The van der Waals surface area contributed by atoms with Crippen LogP contribution in [0.3, 0.4) is 0 Å². The Kier molecular flexibility index (Phi) is 6.14. The summed E-state index contributed by atoms with van der Waals surface area (Å²) in [6.07, 6.45) is 5.53. The van der Waals surface area contributed by atoms with Crippen molar-refractivity contribution < 1.29 is 21.1 Å². The van der Waals surface area contributed by atoms with Crippen LogP contribution in [0.15, 0.2) is 116 Å². The van der Waals surface area contributed by atoms with E-state index in [0.717, 1.165) is 61.5 Å². The summed E-state index contributed by atoms with van der Waals surface area (Å²) >= 11 is 0. The van der Waals surface area contributed by atoms with Crippen LogP contribution in [0.1, 0.15) is 0 Å². The van der Waals surface area contributed by atoms with E-state index in [2.05, 4.69) is 105 Å². The maximum Gasteiger partial charge on any atom is 2.00 e. The average molecular weight is 710 g/mol. The normalized spacial score (nSPS) is 11.3. The van der Waals surface area contributed by atoms with Crippen molar-refractivity contribution in [2.75, 3.05) is 0 Å². The fraction of sp³-hybridized carbons (Fsp3) is 0.0294. The van der Waals surface area contributed by atoms with Crippen LogP contribution in [0, 0.1) is 12.1 Å². The number of fused-ring (bicyclic) bond motifs is 4. The largest absolute Gasteiger partial charge is 2.00 e. The number of hydrogen-bond acceptors (Lipinski definition) is 3. The molecule has 0 aliphatic carbocycles. The van der Waals surface area contributed by atoms with Gasteiger partial charge in [-0.05, 0) is 58.7 Å². The smallest absolute Gasteiger partial charge is 0.367 e. The number of imidazole rings is 1. The maximum absolute atomic E-state index is 5.04. The van der Waals surface area contributed by atoms with E-state index in [4.69, 9.17) is 4.98 Å². The van der Waals surface area contributed by atoms with Gasteiger partial charge in [-0.3, -0.25) is 4.98 Å². The zero-order valence-electron chi connectivity index (χ0n) is 22.0. The molecule has 8 rings (SSSR count). The van der Waals surface area contributed by atoms with Crippen molar-refractivity contribution in [3.05, 3.63) is 128 Å². The molecule has 0 saturated carbocycles. The predicted octanol–water partition coefficient (Wildman–Crippen LogP) is 7.18. The van der Waals surface area contributed by atoms with Gasteiger partial charge < -0.3 is 14.1 Å². The van der Waals surface area contributed by atoms with E-state index in [1.165, 1.54) is 5.39 Å². The zero-order valence-corrected chi connectivity index (χ0v) is 24.2. The molecule has 0 aliphatic heterocycles. The Labute approximate surface area is 250 Å². The molecule has 4 aromatic carbocycles. The van der Waals surface area contributed by atoms with Crippen LogP contribution in [0.25, 0.3) is 66.9 Å². The van der Waals surface area contributed by atoms with Gasteiger partial charge in [0.05, 0.1) is 22.5 Å². The quantitative estimate of drug-likeness (QED) is 0.182. The van der Waals surface area contributed by atoms with Gasteiger partial charge in [-0.15, -0.1) is 53.6 Å². The molecule has 0 bridgehead atoms. The van der Waals surface area contributed by atoms with Gasteiger partial charge in [0, 0.05) is 31.2 Å². The van der Waals surface area contributed by atoms with Crippen LogP contribution in [0.2, 0.25) is 0 Å². The van der Waals surface area contributed by atoms with Crippen molar-refractivity contribution in [1.82, 2.24) is 28.9 Å². The van der Waals surface area contributed by atoms with Crippen LogP contribution in [-0.2, 0) is 28.1 Å². The number of nitrogens with zero attached hydrogens (tertiary/aromatic N) is 6. The number of para-hydroxylation sites is 1. The van der Waals surface area contributed by atoms with Gasteiger partial charge in [0.25, 0.3) is 0 Å². The number of rotatable bonds is 4. The Balaban J connectivity index is 0.00000276. The van der Waals surface area contributed by atoms with Crippen LogP contribution in [-0.4, -0.2) is 28.9 Å².